The minimum absolute atomic E-state index is 0.146. The molecule has 1 aliphatic rings. The summed E-state index contributed by atoms with van der Waals surface area (Å²) in [6, 6.07) is 10.2. The number of aliphatic imine (C=N–C) groups is 1. The van der Waals surface area contributed by atoms with E-state index in [-0.39, 0.29) is 5.41 Å². The first-order valence-corrected chi connectivity index (χ1v) is 6.45. The maximum absolute atomic E-state index is 4.59. The first-order chi connectivity index (χ1) is 8.18. The van der Waals surface area contributed by atoms with Crippen LogP contribution in [0.4, 0.5) is 5.69 Å². The zero-order chi connectivity index (χ0) is 12.1. The Hall–Kier alpha value is -1.37. The van der Waals surface area contributed by atoms with Gasteiger partial charge < -0.3 is 0 Å². The van der Waals surface area contributed by atoms with Gasteiger partial charge in [0.25, 0.3) is 0 Å². The van der Waals surface area contributed by atoms with E-state index in [9.17, 15) is 0 Å². The summed E-state index contributed by atoms with van der Waals surface area (Å²) in [7, 11) is 0. The van der Waals surface area contributed by atoms with E-state index in [0.29, 0.717) is 5.92 Å². The van der Waals surface area contributed by atoms with Crippen molar-refractivity contribution >= 4 is 11.9 Å². The minimum atomic E-state index is 0.146. The Morgan fingerprint density at radius 2 is 2.00 bits per heavy atom. The monoisotopic (exact) mass is 227 g/mol. The largest absolute Gasteiger partial charge is 0.261 e. The van der Waals surface area contributed by atoms with Gasteiger partial charge in [-0.25, -0.2) is 0 Å². The minimum Gasteiger partial charge on any atom is -0.261 e. The van der Waals surface area contributed by atoms with Gasteiger partial charge in [0.15, 0.2) is 0 Å². The normalized spacial score (nSPS) is 20.9. The molecule has 1 nitrogen and oxygen atoms in total. The highest BCUT2D eigenvalue weighted by Gasteiger charge is 2.26. The fraction of sp³-hybridized carbons (Fsp3) is 0.438. The summed E-state index contributed by atoms with van der Waals surface area (Å²) >= 11 is 0. The molecule has 2 rings (SSSR count). The Balaban J connectivity index is 2.08. The van der Waals surface area contributed by atoms with Crippen molar-refractivity contribution in [2.45, 2.75) is 33.1 Å². The third-order valence-electron chi connectivity index (χ3n) is 3.51. The van der Waals surface area contributed by atoms with E-state index in [1.807, 2.05) is 30.3 Å². The molecule has 90 valence electrons. The molecule has 1 unspecified atom stereocenters. The van der Waals surface area contributed by atoms with E-state index in [0.717, 1.165) is 5.69 Å². The predicted molar refractivity (Wildman–Crippen MR) is 74.9 cm³/mol. The standard InChI is InChI=1S/C16H21N/c1-16(2,14-9-5-3-6-10-14)13-17-15-11-7-4-8-12-15/h4-5,7-9,11-14H,3,6,10H2,1-2H3. The third kappa shape index (κ3) is 3.29. The van der Waals surface area contributed by atoms with Gasteiger partial charge in [-0.05, 0) is 37.3 Å². The van der Waals surface area contributed by atoms with E-state index in [4.69, 9.17) is 0 Å². The van der Waals surface area contributed by atoms with Gasteiger partial charge in [-0.2, -0.15) is 0 Å². The second kappa shape index (κ2) is 5.31. The smallest absolute Gasteiger partial charge is 0.0625 e. The molecule has 1 aromatic carbocycles. The van der Waals surface area contributed by atoms with Crippen LogP contribution in [0.2, 0.25) is 0 Å². The Bertz CT molecular complexity index is 401. The lowest BCUT2D eigenvalue weighted by atomic mass is 9.75. The molecule has 0 amide bonds. The number of allylic oxidation sites excluding steroid dienone is 2. The molecule has 0 bridgehead atoms. The fourth-order valence-electron chi connectivity index (χ4n) is 2.28. The van der Waals surface area contributed by atoms with Gasteiger partial charge in [0.05, 0.1) is 5.69 Å². The molecule has 0 N–H and O–H groups in total. The Morgan fingerprint density at radius 1 is 1.24 bits per heavy atom. The molecule has 1 aromatic rings. The van der Waals surface area contributed by atoms with Crippen molar-refractivity contribution in [3.05, 3.63) is 42.5 Å². The van der Waals surface area contributed by atoms with Crippen LogP contribution in [-0.4, -0.2) is 6.21 Å². The molecule has 0 radical (unpaired) electrons. The Kier molecular flexibility index (Phi) is 3.78. The first-order valence-electron chi connectivity index (χ1n) is 6.45. The quantitative estimate of drug-likeness (QED) is 0.521. The van der Waals surface area contributed by atoms with Crippen LogP contribution in [0.15, 0.2) is 47.5 Å². The molecule has 0 saturated heterocycles. The van der Waals surface area contributed by atoms with Crippen molar-refractivity contribution in [2.75, 3.05) is 0 Å². The molecule has 0 fully saturated rings. The number of hydrogen-bond acceptors (Lipinski definition) is 1. The van der Waals surface area contributed by atoms with Crippen LogP contribution < -0.4 is 0 Å². The first kappa shape index (κ1) is 12.1. The molecule has 0 spiro atoms. The molecule has 1 heteroatoms. The van der Waals surface area contributed by atoms with Crippen LogP contribution >= 0.6 is 0 Å². The number of nitrogens with zero attached hydrogens (tertiary/aromatic N) is 1. The lowest BCUT2D eigenvalue weighted by Gasteiger charge is -2.30. The van der Waals surface area contributed by atoms with Crippen LogP contribution in [-0.2, 0) is 0 Å². The highest BCUT2D eigenvalue weighted by atomic mass is 14.7. The van der Waals surface area contributed by atoms with E-state index < -0.39 is 0 Å². The average molecular weight is 227 g/mol. The SMILES string of the molecule is CC(C)(C=Nc1ccccc1)C1C=CCCC1. The van der Waals surface area contributed by atoms with Gasteiger partial charge in [0.2, 0.25) is 0 Å². The Morgan fingerprint density at radius 3 is 2.65 bits per heavy atom. The van der Waals surface area contributed by atoms with E-state index in [2.05, 4.69) is 37.2 Å². The molecule has 0 saturated carbocycles. The van der Waals surface area contributed by atoms with Crippen molar-refractivity contribution in [3.63, 3.8) is 0 Å². The van der Waals surface area contributed by atoms with Crippen LogP contribution in [0.5, 0.6) is 0 Å². The fourth-order valence-corrected chi connectivity index (χ4v) is 2.28. The van der Waals surface area contributed by atoms with Gasteiger partial charge in [-0.15, -0.1) is 0 Å². The van der Waals surface area contributed by atoms with Gasteiger partial charge >= 0.3 is 0 Å². The van der Waals surface area contributed by atoms with E-state index in [1.165, 1.54) is 19.3 Å². The summed E-state index contributed by atoms with van der Waals surface area (Å²) in [6.45, 7) is 4.56. The number of benzene rings is 1. The lowest BCUT2D eigenvalue weighted by Crippen LogP contribution is -2.25. The summed E-state index contributed by atoms with van der Waals surface area (Å²) < 4.78 is 0. The molecule has 0 aromatic heterocycles. The van der Waals surface area contributed by atoms with Gasteiger partial charge in [-0.3, -0.25) is 4.99 Å². The number of hydrogen-bond donors (Lipinski definition) is 0. The molecule has 17 heavy (non-hydrogen) atoms. The van der Waals surface area contributed by atoms with Crippen molar-refractivity contribution in [2.24, 2.45) is 16.3 Å². The highest BCUT2D eigenvalue weighted by Crippen LogP contribution is 2.33. The van der Waals surface area contributed by atoms with Gasteiger partial charge in [0.1, 0.15) is 0 Å². The summed E-state index contributed by atoms with van der Waals surface area (Å²) in [5.74, 6) is 0.628. The van der Waals surface area contributed by atoms with Crippen LogP contribution in [0.3, 0.4) is 0 Å². The van der Waals surface area contributed by atoms with E-state index >= 15 is 0 Å². The third-order valence-corrected chi connectivity index (χ3v) is 3.51. The zero-order valence-electron chi connectivity index (χ0n) is 10.8. The van der Waals surface area contributed by atoms with Gasteiger partial charge in [-0.1, -0.05) is 44.2 Å². The number of rotatable bonds is 3. The molecule has 0 heterocycles. The van der Waals surface area contributed by atoms with Crippen molar-refractivity contribution in [3.8, 4) is 0 Å². The molecular formula is C16H21N. The second-order valence-corrected chi connectivity index (χ2v) is 5.38. The molecule has 0 aliphatic heterocycles. The van der Waals surface area contributed by atoms with Crippen molar-refractivity contribution in [1.29, 1.82) is 0 Å². The summed E-state index contributed by atoms with van der Waals surface area (Å²) in [6.07, 6.45) is 10.6. The number of para-hydroxylation sites is 1. The van der Waals surface area contributed by atoms with Crippen molar-refractivity contribution in [1.82, 2.24) is 0 Å². The van der Waals surface area contributed by atoms with Crippen LogP contribution in [0, 0.1) is 11.3 Å². The van der Waals surface area contributed by atoms with Crippen LogP contribution in [0.1, 0.15) is 33.1 Å². The van der Waals surface area contributed by atoms with Crippen molar-refractivity contribution < 1.29 is 0 Å². The van der Waals surface area contributed by atoms with Gasteiger partial charge in [0, 0.05) is 11.6 Å². The van der Waals surface area contributed by atoms with E-state index in [1.54, 1.807) is 0 Å². The molecular weight excluding hydrogens is 206 g/mol. The maximum Gasteiger partial charge on any atom is 0.0625 e. The summed E-state index contributed by atoms with van der Waals surface area (Å²) in [4.78, 5) is 4.59. The predicted octanol–water partition coefficient (Wildman–Crippen LogP) is 4.77. The summed E-state index contributed by atoms with van der Waals surface area (Å²) in [5.41, 5.74) is 1.19. The molecule has 1 atom stereocenters. The second-order valence-electron chi connectivity index (χ2n) is 5.38. The highest BCUT2D eigenvalue weighted by molar-refractivity contribution is 5.69. The Labute approximate surface area is 104 Å². The topological polar surface area (TPSA) is 12.4 Å². The zero-order valence-corrected chi connectivity index (χ0v) is 10.8. The molecule has 1 aliphatic carbocycles. The average Bonchev–Trinajstić information content (AvgIpc) is 2.39. The summed E-state index contributed by atoms with van der Waals surface area (Å²) in [5, 5.41) is 0. The lowest BCUT2D eigenvalue weighted by molar-refractivity contribution is 0.345. The van der Waals surface area contributed by atoms with Crippen LogP contribution in [0.25, 0.3) is 0 Å². The maximum atomic E-state index is 4.59.